The maximum Gasteiger partial charge on any atom is 2.00 e. The molecular weight excluding hydrogens is 198 g/mol. The maximum atomic E-state index is 10.1. The van der Waals surface area contributed by atoms with Gasteiger partial charge in [-0.3, -0.25) is 4.79 Å². The summed E-state index contributed by atoms with van der Waals surface area (Å²) >= 11 is 4.05. The zero-order valence-corrected chi connectivity index (χ0v) is 9.31. The minimum atomic E-state index is 0. The van der Waals surface area contributed by atoms with Crippen molar-refractivity contribution < 1.29 is 24.3 Å². The first-order valence-corrected chi connectivity index (χ1v) is 3.02. The molecule has 3 heteroatoms. The number of hydrogen-bond acceptors (Lipinski definition) is 2. The topological polar surface area (TPSA) is 17.1 Å². The van der Waals surface area contributed by atoms with Crippen molar-refractivity contribution in [1.29, 1.82) is 0 Å². The predicted molar refractivity (Wildman–Crippen MR) is 39.1 cm³/mol. The molecule has 0 amide bonds. The minimum absolute atomic E-state index is 0. The van der Waals surface area contributed by atoms with Crippen molar-refractivity contribution in [2.24, 2.45) is 0 Å². The molecule has 0 aliphatic heterocycles. The van der Waals surface area contributed by atoms with Crippen LogP contribution in [0.15, 0.2) is 29.2 Å². The van der Waals surface area contributed by atoms with Crippen molar-refractivity contribution in [1.82, 2.24) is 0 Å². The fourth-order valence-electron chi connectivity index (χ4n) is 0.553. The molecule has 0 radical (unpaired) electrons. The molecule has 0 spiro atoms. The Kier molecular flexibility index (Phi) is 4.58. The van der Waals surface area contributed by atoms with Gasteiger partial charge in [0.05, 0.1) is 0 Å². The van der Waals surface area contributed by atoms with Gasteiger partial charge in [0.2, 0.25) is 0 Å². The first-order valence-electron chi connectivity index (χ1n) is 2.57. The normalized spacial score (nSPS) is 8.10. The van der Waals surface area contributed by atoms with Crippen LogP contribution < -0.4 is 0 Å². The van der Waals surface area contributed by atoms with Crippen LogP contribution in [-0.4, -0.2) is 6.29 Å². The Morgan fingerprint density at radius 3 is 2.10 bits per heavy atom. The van der Waals surface area contributed by atoms with E-state index in [1.54, 1.807) is 24.3 Å². The minimum Gasteiger partial charge on any atom is -0.298 e. The van der Waals surface area contributed by atoms with Gasteiger partial charge >= 0.3 is 19.5 Å². The van der Waals surface area contributed by atoms with Gasteiger partial charge in [-0.25, -0.2) is 0 Å². The van der Waals surface area contributed by atoms with Crippen LogP contribution in [0.1, 0.15) is 10.4 Å². The molecule has 1 nitrogen and oxygen atoms in total. The van der Waals surface area contributed by atoms with Gasteiger partial charge in [0.1, 0.15) is 6.29 Å². The molecule has 0 unspecified atom stereocenters. The van der Waals surface area contributed by atoms with Crippen molar-refractivity contribution in [2.45, 2.75) is 4.90 Å². The summed E-state index contributed by atoms with van der Waals surface area (Å²) in [5.74, 6) is 0. The van der Waals surface area contributed by atoms with E-state index in [-0.39, 0.29) is 19.5 Å². The molecule has 0 heterocycles. The van der Waals surface area contributed by atoms with Crippen molar-refractivity contribution in [3.63, 3.8) is 0 Å². The summed E-state index contributed by atoms with van der Waals surface area (Å²) in [7, 11) is 0. The van der Waals surface area contributed by atoms with Crippen LogP contribution in [0.3, 0.4) is 0 Å². The molecule has 0 fully saturated rings. The number of aldehydes is 1. The number of thiol groups is 1. The second kappa shape index (κ2) is 4.64. The third kappa shape index (κ3) is 2.63. The number of rotatable bonds is 1. The number of hydrogen-bond donors (Lipinski definition) is 1. The van der Waals surface area contributed by atoms with Gasteiger partial charge in [0, 0.05) is 10.5 Å². The van der Waals surface area contributed by atoms with E-state index in [1.165, 1.54) is 0 Å². The van der Waals surface area contributed by atoms with E-state index in [4.69, 9.17) is 0 Å². The maximum absolute atomic E-state index is 10.1. The third-order valence-corrected chi connectivity index (χ3v) is 1.33. The van der Waals surface area contributed by atoms with Gasteiger partial charge < -0.3 is 0 Å². The van der Waals surface area contributed by atoms with Crippen molar-refractivity contribution in [3.8, 4) is 0 Å². The molecule has 1 aromatic carbocycles. The van der Waals surface area contributed by atoms with E-state index in [9.17, 15) is 4.79 Å². The molecule has 0 aromatic heterocycles. The molecule has 0 bridgehead atoms. The average molecular weight is 204 g/mol. The fraction of sp³-hybridized carbons (Fsp3) is 0. The van der Waals surface area contributed by atoms with Crippen LogP contribution in [0.5, 0.6) is 0 Å². The molecule has 0 aliphatic carbocycles. The summed E-state index contributed by atoms with van der Waals surface area (Å²) in [6.07, 6.45) is 0.813. The average Bonchev–Trinajstić information content (AvgIpc) is 1.90. The Hall–Kier alpha value is -0.137. The van der Waals surface area contributed by atoms with Gasteiger partial charge in [0.25, 0.3) is 0 Å². The SMILES string of the molecule is O=Cc1ccc(S)cc1.[Zn+2]. The van der Waals surface area contributed by atoms with Gasteiger partial charge in [-0.15, -0.1) is 12.6 Å². The first kappa shape index (κ1) is 9.86. The molecule has 1 rings (SSSR count). The zero-order chi connectivity index (χ0) is 6.69. The summed E-state index contributed by atoms with van der Waals surface area (Å²) in [4.78, 5) is 11.0. The van der Waals surface area contributed by atoms with E-state index < -0.39 is 0 Å². The van der Waals surface area contributed by atoms with Crippen LogP contribution in [0.25, 0.3) is 0 Å². The Labute approximate surface area is 78.0 Å². The van der Waals surface area contributed by atoms with Gasteiger partial charge in [-0.1, -0.05) is 12.1 Å². The second-order valence-electron chi connectivity index (χ2n) is 1.71. The van der Waals surface area contributed by atoms with E-state index in [2.05, 4.69) is 12.6 Å². The molecule has 0 aliphatic rings. The van der Waals surface area contributed by atoms with E-state index in [0.29, 0.717) is 5.56 Å². The van der Waals surface area contributed by atoms with E-state index in [1.807, 2.05) is 0 Å². The molecule has 0 atom stereocenters. The molecule has 0 saturated heterocycles. The van der Waals surface area contributed by atoms with Crippen LogP contribution in [0.4, 0.5) is 0 Å². The first-order chi connectivity index (χ1) is 4.33. The second-order valence-corrected chi connectivity index (χ2v) is 2.23. The summed E-state index contributed by atoms with van der Waals surface area (Å²) in [5.41, 5.74) is 0.688. The van der Waals surface area contributed by atoms with Crippen LogP contribution >= 0.6 is 12.6 Å². The van der Waals surface area contributed by atoms with Crippen LogP contribution in [0.2, 0.25) is 0 Å². The monoisotopic (exact) mass is 202 g/mol. The fourth-order valence-corrected chi connectivity index (χ4v) is 0.702. The third-order valence-electron chi connectivity index (χ3n) is 1.03. The van der Waals surface area contributed by atoms with Gasteiger partial charge in [-0.05, 0) is 12.1 Å². The Balaban J connectivity index is 0.000000810. The van der Waals surface area contributed by atoms with E-state index in [0.717, 1.165) is 11.2 Å². The van der Waals surface area contributed by atoms with Gasteiger partial charge in [0.15, 0.2) is 0 Å². The Morgan fingerprint density at radius 1 is 1.20 bits per heavy atom. The Morgan fingerprint density at radius 2 is 1.70 bits per heavy atom. The largest absolute Gasteiger partial charge is 2.00 e. The number of carbonyl (C=O) groups is 1. The summed E-state index contributed by atoms with van der Waals surface area (Å²) < 4.78 is 0. The molecular formula is C7H6OSZn+2. The summed E-state index contributed by atoms with van der Waals surface area (Å²) in [5, 5.41) is 0. The zero-order valence-electron chi connectivity index (χ0n) is 5.45. The van der Waals surface area contributed by atoms with Crippen molar-refractivity contribution in [2.75, 3.05) is 0 Å². The van der Waals surface area contributed by atoms with Crippen molar-refractivity contribution >= 4 is 18.9 Å². The van der Waals surface area contributed by atoms with Crippen molar-refractivity contribution in [3.05, 3.63) is 29.8 Å². The smallest absolute Gasteiger partial charge is 0.298 e. The molecule has 46 valence electrons. The van der Waals surface area contributed by atoms with Gasteiger partial charge in [-0.2, -0.15) is 0 Å². The molecule has 1 aromatic rings. The summed E-state index contributed by atoms with van der Waals surface area (Å²) in [6.45, 7) is 0. The summed E-state index contributed by atoms with van der Waals surface area (Å²) in [6, 6.07) is 7.03. The standard InChI is InChI=1S/C7H6OS.Zn/c8-5-6-1-3-7(9)4-2-6;/h1-5,9H;/q;+2. The number of benzene rings is 1. The number of carbonyl (C=O) groups excluding carboxylic acids is 1. The molecule has 0 saturated carbocycles. The van der Waals surface area contributed by atoms with E-state index >= 15 is 0 Å². The van der Waals surface area contributed by atoms with Crippen LogP contribution in [-0.2, 0) is 19.5 Å². The van der Waals surface area contributed by atoms with Crippen LogP contribution in [0, 0.1) is 0 Å². The quantitative estimate of drug-likeness (QED) is 0.418. The Bertz CT molecular complexity index is 207. The molecule has 10 heavy (non-hydrogen) atoms. The predicted octanol–water partition coefficient (Wildman–Crippen LogP) is 1.79. The molecule has 0 N–H and O–H groups in total.